The molecule has 0 aliphatic rings. The van der Waals surface area contributed by atoms with Crippen molar-refractivity contribution in [2.24, 2.45) is 5.73 Å². The Kier molecular flexibility index (Phi) is 8.32. The molecule has 0 radical (unpaired) electrons. The van der Waals surface area contributed by atoms with Crippen LogP contribution in [0, 0.1) is 0 Å². The number of hydrogen-bond acceptors (Lipinski definition) is 6. The van der Waals surface area contributed by atoms with E-state index in [1.807, 2.05) is 0 Å². The summed E-state index contributed by atoms with van der Waals surface area (Å²) in [5, 5.41) is 15.3. The van der Waals surface area contributed by atoms with E-state index in [1.165, 1.54) is 6.92 Å². The maximum absolute atomic E-state index is 11.3. The van der Waals surface area contributed by atoms with Gasteiger partial charge in [-0.15, -0.1) is 0 Å². The molecule has 0 aromatic carbocycles. The van der Waals surface area contributed by atoms with Gasteiger partial charge in [-0.25, -0.2) is 4.79 Å². The van der Waals surface area contributed by atoms with E-state index in [9.17, 15) is 19.2 Å². The first kappa shape index (κ1) is 18.2. The molecule has 114 valence electrons. The van der Waals surface area contributed by atoms with Crippen molar-refractivity contribution >= 4 is 36.3 Å². The van der Waals surface area contributed by atoms with E-state index in [1.54, 1.807) is 0 Å². The lowest BCUT2D eigenvalue weighted by Crippen LogP contribution is -2.48. The Balaban J connectivity index is 3.98. The van der Waals surface area contributed by atoms with E-state index in [-0.39, 0.29) is 12.3 Å². The van der Waals surface area contributed by atoms with Crippen molar-refractivity contribution in [3.8, 4) is 0 Å². The third-order valence-corrected chi connectivity index (χ3v) is 2.46. The Hall–Kier alpha value is -1.81. The van der Waals surface area contributed by atoms with Crippen LogP contribution in [0.2, 0.25) is 0 Å². The summed E-state index contributed by atoms with van der Waals surface area (Å²) in [5.41, 5.74) is 5.27. The van der Waals surface area contributed by atoms with Gasteiger partial charge in [0, 0.05) is 5.75 Å². The molecule has 10 heteroatoms. The zero-order chi connectivity index (χ0) is 15.7. The molecule has 0 saturated carbocycles. The van der Waals surface area contributed by atoms with Gasteiger partial charge in [0.15, 0.2) is 0 Å². The molecule has 0 fully saturated rings. The van der Waals surface area contributed by atoms with E-state index in [0.717, 1.165) is 0 Å². The predicted molar refractivity (Wildman–Crippen MR) is 73.1 cm³/mol. The Bertz CT molecular complexity index is 388. The lowest BCUT2D eigenvalue weighted by molar-refractivity contribution is -0.141. The quantitative estimate of drug-likeness (QED) is 0.264. The number of aliphatic carboxylic acids is 1. The van der Waals surface area contributed by atoms with Gasteiger partial charge < -0.3 is 26.8 Å². The van der Waals surface area contributed by atoms with Crippen LogP contribution < -0.4 is 21.7 Å². The number of amides is 3. The standard InChI is InChI=1S/C10H18N4O5S/c1-5(11)9(17)13-2-7(15)12-3-8(16)14-6(4-20)10(18)19/h5-6,20H,2-4,11H2,1H3,(H,12,15)(H,13,17)(H,14,16)(H,18,19). The molecule has 0 spiro atoms. The minimum atomic E-state index is -1.22. The second-order valence-electron chi connectivity index (χ2n) is 3.92. The highest BCUT2D eigenvalue weighted by atomic mass is 32.1. The topological polar surface area (TPSA) is 151 Å². The minimum absolute atomic E-state index is 0.0700. The number of carboxylic acids is 1. The smallest absolute Gasteiger partial charge is 0.327 e. The summed E-state index contributed by atoms with van der Waals surface area (Å²) in [6.07, 6.45) is 0. The van der Waals surface area contributed by atoms with Crippen LogP contribution in [0.3, 0.4) is 0 Å². The van der Waals surface area contributed by atoms with E-state index in [0.29, 0.717) is 0 Å². The molecule has 2 atom stereocenters. The molecule has 6 N–H and O–H groups in total. The largest absolute Gasteiger partial charge is 0.480 e. The average molecular weight is 306 g/mol. The van der Waals surface area contributed by atoms with Crippen LogP contribution in [0.25, 0.3) is 0 Å². The fourth-order valence-electron chi connectivity index (χ4n) is 1.00. The zero-order valence-corrected chi connectivity index (χ0v) is 11.8. The fourth-order valence-corrected chi connectivity index (χ4v) is 1.25. The van der Waals surface area contributed by atoms with Crippen molar-refractivity contribution in [2.45, 2.75) is 19.0 Å². The second kappa shape index (κ2) is 9.15. The third kappa shape index (κ3) is 7.59. The zero-order valence-electron chi connectivity index (χ0n) is 10.9. The Morgan fingerprint density at radius 3 is 2.15 bits per heavy atom. The molecule has 20 heavy (non-hydrogen) atoms. The van der Waals surface area contributed by atoms with Gasteiger partial charge in [-0.1, -0.05) is 0 Å². The highest BCUT2D eigenvalue weighted by Gasteiger charge is 2.18. The summed E-state index contributed by atoms with van der Waals surface area (Å²) >= 11 is 3.77. The normalized spacial score (nSPS) is 12.9. The summed E-state index contributed by atoms with van der Waals surface area (Å²) in [7, 11) is 0. The molecule has 0 rings (SSSR count). The molecule has 0 aliphatic heterocycles. The second-order valence-corrected chi connectivity index (χ2v) is 4.29. The van der Waals surface area contributed by atoms with Crippen LogP contribution in [0.15, 0.2) is 0 Å². The summed E-state index contributed by atoms with van der Waals surface area (Å²) in [6, 6.07) is -1.86. The van der Waals surface area contributed by atoms with Crippen LogP contribution in [0.5, 0.6) is 0 Å². The number of carbonyl (C=O) groups is 4. The molecule has 0 aromatic heterocycles. The van der Waals surface area contributed by atoms with Crippen molar-refractivity contribution in [3.63, 3.8) is 0 Å². The first-order valence-electron chi connectivity index (χ1n) is 5.71. The van der Waals surface area contributed by atoms with Crippen molar-refractivity contribution in [1.29, 1.82) is 0 Å². The fraction of sp³-hybridized carbons (Fsp3) is 0.600. The van der Waals surface area contributed by atoms with Gasteiger partial charge in [0.05, 0.1) is 19.1 Å². The van der Waals surface area contributed by atoms with Gasteiger partial charge in [0.2, 0.25) is 17.7 Å². The number of rotatable bonds is 8. The van der Waals surface area contributed by atoms with Gasteiger partial charge in [0.25, 0.3) is 0 Å². The lowest BCUT2D eigenvalue weighted by atomic mass is 10.3. The lowest BCUT2D eigenvalue weighted by Gasteiger charge is -2.12. The van der Waals surface area contributed by atoms with Crippen LogP contribution in [0.1, 0.15) is 6.92 Å². The summed E-state index contributed by atoms with van der Waals surface area (Å²) in [6.45, 7) is 0.747. The molecule has 0 aliphatic carbocycles. The number of hydrogen-bond donors (Lipinski definition) is 6. The molecular weight excluding hydrogens is 288 g/mol. The first-order valence-corrected chi connectivity index (χ1v) is 6.34. The Morgan fingerprint density at radius 1 is 1.15 bits per heavy atom. The number of carbonyl (C=O) groups excluding carboxylic acids is 3. The van der Waals surface area contributed by atoms with Gasteiger partial charge >= 0.3 is 5.97 Å². The Morgan fingerprint density at radius 2 is 1.70 bits per heavy atom. The van der Waals surface area contributed by atoms with Crippen LogP contribution in [0.4, 0.5) is 0 Å². The number of nitrogens with two attached hydrogens (primary N) is 1. The maximum Gasteiger partial charge on any atom is 0.327 e. The summed E-state index contributed by atoms with van der Waals surface area (Å²) in [4.78, 5) is 44.3. The van der Waals surface area contributed by atoms with Crippen molar-refractivity contribution in [2.75, 3.05) is 18.8 Å². The minimum Gasteiger partial charge on any atom is -0.480 e. The van der Waals surface area contributed by atoms with Gasteiger partial charge in [-0.05, 0) is 6.92 Å². The number of thiol groups is 1. The highest BCUT2D eigenvalue weighted by Crippen LogP contribution is 1.87. The Labute approximate surface area is 121 Å². The van der Waals surface area contributed by atoms with E-state index >= 15 is 0 Å². The third-order valence-electron chi connectivity index (χ3n) is 2.10. The van der Waals surface area contributed by atoms with Gasteiger partial charge in [-0.2, -0.15) is 12.6 Å². The number of carboxylic acid groups (broad SMARTS) is 1. The number of nitrogens with one attached hydrogen (secondary N) is 3. The molecule has 0 heterocycles. The van der Waals surface area contributed by atoms with Crippen molar-refractivity contribution < 1.29 is 24.3 Å². The van der Waals surface area contributed by atoms with Crippen LogP contribution >= 0.6 is 12.6 Å². The summed E-state index contributed by atoms with van der Waals surface area (Å²) in [5.74, 6) is -3.04. The first-order chi connectivity index (χ1) is 9.27. The molecule has 0 bridgehead atoms. The van der Waals surface area contributed by atoms with Gasteiger partial charge in [-0.3, -0.25) is 14.4 Å². The van der Waals surface area contributed by atoms with E-state index < -0.39 is 42.3 Å². The molecule has 0 aromatic rings. The maximum atomic E-state index is 11.3. The molecule has 2 unspecified atom stereocenters. The van der Waals surface area contributed by atoms with Gasteiger partial charge in [0.1, 0.15) is 6.04 Å². The summed E-state index contributed by atoms with van der Waals surface area (Å²) < 4.78 is 0. The molecular formula is C10H18N4O5S. The predicted octanol–water partition coefficient (Wildman–Crippen LogP) is -2.93. The van der Waals surface area contributed by atoms with Crippen LogP contribution in [-0.4, -0.2) is 59.7 Å². The van der Waals surface area contributed by atoms with Crippen LogP contribution in [-0.2, 0) is 19.2 Å². The SMILES string of the molecule is CC(N)C(=O)NCC(=O)NCC(=O)NC(CS)C(=O)O. The highest BCUT2D eigenvalue weighted by molar-refractivity contribution is 7.80. The van der Waals surface area contributed by atoms with E-state index in [4.69, 9.17) is 10.8 Å². The van der Waals surface area contributed by atoms with Crippen molar-refractivity contribution in [1.82, 2.24) is 16.0 Å². The monoisotopic (exact) mass is 306 g/mol. The average Bonchev–Trinajstić information content (AvgIpc) is 2.38. The molecule has 9 nitrogen and oxygen atoms in total. The van der Waals surface area contributed by atoms with E-state index in [2.05, 4.69) is 28.6 Å². The van der Waals surface area contributed by atoms with Crippen molar-refractivity contribution in [3.05, 3.63) is 0 Å². The molecule has 3 amide bonds. The molecule has 0 saturated heterocycles.